The fourth-order valence-corrected chi connectivity index (χ4v) is 5.13. The molecule has 2 heterocycles. The molecular formula is C20H22BrN3O2S. The molecule has 2 aromatic rings. The Balaban J connectivity index is 1.46. The van der Waals surface area contributed by atoms with Crippen LogP contribution in [0, 0.1) is 0 Å². The highest BCUT2D eigenvalue weighted by Crippen LogP contribution is 2.30. The minimum absolute atomic E-state index is 0.0879. The predicted molar refractivity (Wildman–Crippen MR) is 110 cm³/mol. The van der Waals surface area contributed by atoms with Crippen molar-refractivity contribution in [1.82, 2.24) is 9.88 Å². The van der Waals surface area contributed by atoms with E-state index in [0.29, 0.717) is 23.7 Å². The molecule has 142 valence electrons. The van der Waals surface area contributed by atoms with Crippen LogP contribution in [0.15, 0.2) is 28.7 Å². The molecule has 1 aromatic heterocycles. The third-order valence-corrected chi connectivity index (χ3v) is 6.83. The molecule has 0 saturated carbocycles. The minimum atomic E-state index is -0.426. The van der Waals surface area contributed by atoms with E-state index in [1.807, 2.05) is 12.1 Å². The van der Waals surface area contributed by atoms with E-state index in [2.05, 4.69) is 26.2 Å². The first-order valence-corrected chi connectivity index (χ1v) is 11.1. The van der Waals surface area contributed by atoms with Gasteiger partial charge in [-0.3, -0.25) is 9.59 Å². The first-order chi connectivity index (χ1) is 13.1. The highest BCUT2D eigenvalue weighted by atomic mass is 79.9. The number of carbonyl (C=O) groups excluding carboxylic acids is 2. The van der Waals surface area contributed by atoms with E-state index in [1.54, 1.807) is 28.4 Å². The Morgan fingerprint density at radius 3 is 2.70 bits per heavy atom. The average Bonchev–Trinajstić information content (AvgIpc) is 3.24. The Labute approximate surface area is 171 Å². The first kappa shape index (κ1) is 18.6. The van der Waals surface area contributed by atoms with Crippen LogP contribution in [0.5, 0.6) is 0 Å². The van der Waals surface area contributed by atoms with E-state index in [4.69, 9.17) is 0 Å². The molecule has 1 N–H and O–H groups in total. The summed E-state index contributed by atoms with van der Waals surface area (Å²) in [6, 6.07) is 6.85. The maximum absolute atomic E-state index is 12.8. The fourth-order valence-electron chi connectivity index (χ4n) is 3.81. The Kier molecular flexibility index (Phi) is 5.59. The Morgan fingerprint density at radius 2 is 1.89 bits per heavy atom. The zero-order valence-corrected chi connectivity index (χ0v) is 17.4. The van der Waals surface area contributed by atoms with Gasteiger partial charge in [0.2, 0.25) is 5.91 Å². The van der Waals surface area contributed by atoms with E-state index < -0.39 is 6.04 Å². The third kappa shape index (κ3) is 4.09. The Bertz CT molecular complexity index is 826. The number of likely N-dealkylation sites (tertiary alicyclic amines) is 1. The topological polar surface area (TPSA) is 62.3 Å². The number of anilines is 1. The van der Waals surface area contributed by atoms with Crippen LogP contribution in [-0.4, -0.2) is 34.3 Å². The van der Waals surface area contributed by atoms with Gasteiger partial charge in [0.05, 0.1) is 5.69 Å². The number of carbonyl (C=O) groups is 2. The summed E-state index contributed by atoms with van der Waals surface area (Å²) in [6.07, 6.45) is 7.20. The number of fused-ring (bicyclic) bond motifs is 1. The second-order valence-corrected chi connectivity index (χ2v) is 9.10. The quantitative estimate of drug-likeness (QED) is 0.708. The summed E-state index contributed by atoms with van der Waals surface area (Å²) in [7, 11) is 0. The van der Waals surface area contributed by atoms with Crippen molar-refractivity contribution in [3.63, 3.8) is 0 Å². The molecule has 1 fully saturated rings. The summed E-state index contributed by atoms with van der Waals surface area (Å²) in [6.45, 7) is 0.612. The lowest BCUT2D eigenvalue weighted by Crippen LogP contribution is -2.43. The van der Waals surface area contributed by atoms with Crippen molar-refractivity contribution >= 4 is 44.2 Å². The van der Waals surface area contributed by atoms with Crippen molar-refractivity contribution in [2.24, 2.45) is 0 Å². The number of aromatic nitrogens is 1. The molecule has 1 unspecified atom stereocenters. The summed E-state index contributed by atoms with van der Waals surface area (Å²) in [5, 5.41) is 3.65. The van der Waals surface area contributed by atoms with E-state index in [1.165, 1.54) is 24.1 Å². The molecule has 2 amide bonds. The molecule has 1 atom stereocenters. The molecule has 1 aliphatic heterocycles. The highest BCUT2D eigenvalue weighted by molar-refractivity contribution is 9.10. The van der Waals surface area contributed by atoms with Crippen LogP contribution in [0.25, 0.3) is 0 Å². The summed E-state index contributed by atoms with van der Waals surface area (Å²) < 4.78 is 0.929. The standard InChI is InChI=1S/C20H22BrN3O2S/c21-14-10-8-13(9-11-14)19(26)24-12-4-6-16(24)18(25)23-20-22-15-5-2-1-3-7-17(15)27-20/h8-11,16H,1-7,12H2,(H,22,23,25). The fraction of sp³-hybridized carbons (Fsp3) is 0.450. The van der Waals surface area contributed by atoms with Gasteiger partial charge in [0.15, 0.2) is 5.13 Å². The van der Waals surface area contributed by atoms with Crippen LogP contribution in [0.3, 0.4) is 0 Å². The normalized spacial score (nSPS) is 19.4. The second-order valence-electron chi connectivity index (χ2n) is 7.10. The SMILES string of the molecule is O=C(Nc1nc2c(s1)CCCCC2)C1CCCN1C(=O)c1ccc(Br)cc1. The van der Waals surface area contributed by atoms with Gasteiger partial charge in [-0.1, -0.05) is 22.4 Å². The molecule has 1 aromatic carbocycles. The molecule has 7 heteroatoms. The molecule has 0 bridgehead atoms. The summed E-state index contributed by atoms with van der Waals surface area (Å²) in [5.74, 6) is -0.211. The van der Waals surface area contributed by atoms with Gasteiger partial charge in [0.1, 0.15) is 6.04 Å². The second kappa shape index (κ2) is 8.10. The molecule has 0 spiro atoms. The molecule has 5 nitrogen and oxygen atoms in total. The van der Waals surface area contributed by atoms with Crippen LogP contribution in [0.2, 0.25) is 0 Å². The van der Waals surface area contributed by atoms with Gasteiger partial charge < -0.3 is 10.2 Å². The number of nitrogens with one attached hydrogen (secondary N) is 1. The largest absolute Gasteiger partial charge is 0.327 e. The van der Waals surface area contributed by atoms with Crippen LogP contribution in [0.4, 0.5) is 5.13 Å². The number of rotatable bonds is 3. The predicted octanol–water partition coefficient (Wildman–Crippen LogP) is 4.42. The smallest absolute Gasteiger partial charge is 0.254 e. The zero-order chi connectivity index (χ0) is 18.8. The molecule has 0 radical (unpaired) electrons. The lowest BCUT2D eigenvalue weighted by molar-refractivity contribution is -0.119. The Morgan fingerprint density at radius 1 is 1.11 bits per heavy atom. The van der Waals surface area contributed by atoms with Gasteiger partial charge in [-0.2, -0.15) is 0 Å². The van der Waals surface area contributed by atoms with Crippen molar-refractivity contribution in [2.45, 2.75) is 51.0 Å². The van der Waals surface area contributed by atoms with Gasteiger partial charge in [-0.15, -0.1) is 11.3 Å². The van der Waals surface area contributed by atoms with Crippen LogP contribution >= 0.6 is 27.3 Å². The molecule has 2 aliphatic rings. The van der Waals surface area contributed by atoms with Crippen molar-refractivity contribution < 1.29 is 9.59 Å². The van der Waals surface area contributed by atoms with Gasteiger partial charge in [0, 0.05) is 21.5 Å². The van der Waals surface area contributed by atoms with Crippen molar-refractivity contribution in [3.05, 3.63) is 44.9 Å². The summed E-state index contributed by atoms with van der Waals surface area (Å²) in [5.41, 5.74) is 1.75. The monoisotopic (exact) mass is 447 g/mol. The van der Waals surface area contributed by atoms with E-state index in [0.717, 1.165) is 29.4 Å². The van der Waals surface area contributed by atoms with E-state index in [9.17, 15) is 9.59 Å². The summed E-state index contributed by atoms with van der Waals surface area (Å²) >= 11 is 4.98. The lowest BCUT2D eigenvalue weighted by atomic mass is 10.1. The van der Waals surface area contributed by atoms with Crippen molar-refractivity contribution in [3.8, 4) is 0 Å². The number of halogens is 1. The number of aryl methyl sites for hydroxylation is 2. The molecule has 4 rings (SSSR count). The number of hydrogen-bond acceptors (Lipinski definition) is 4. The molecule has 1 saturated heterocycles. The number of amides is 2. The molecule has 27 heavy (non-hydrogen) atoms. The van der Waals surface area contributed by atoms with Crippen LogP contribution in [-0.2, 0) is 17.6 Å². The van der Waals surface area contributed by atoms with Crippen molar-refractivity contribution in [1.29, 1.82) is 0 Å². The van der Waals surface area contributed by atoms with Gasteiger partial charge in [-0.25, -0.2) is 4.98 Å². The van der Waals surface area contributed by atoms with E-state index in [-0.39, 0.29) is 11.8 Å². The maximum Gasteiger partial charge on any atom is 0.254 e. The Hall–Kier alpha value is -1.73. The zero-order valence-electron chi connectivity index (χ0n) is 15.0. The molecule has 1 aliphatic carbocycles. The third-order valence-electron chi connectivity index (χ3n) is 5.23. The van der Waals surface area contributed by atoms with Crippen LogP contribution in [0.1, 0.15) is 53.0 Å². The van der Waals surface area contributed by atoms with Crippen LogP contribution < -0.4 is 5.32 Å². The van der Waals surface area contributed by atoms with Gasteiger partial charge in [0.25, 0.3) is 5.91 Å². The van der Waals surface area contributed by atoms with E-state index >= 15 is 0 Å². The average molecular weight is 448 g/mol. The van der Waals surface area contributed by atoms with Crippen molar-refractivity contribution in [2.75, 3.05) is 11.9 Å². The maximum atomic E-state index is 12.8. The minimum Gasteiger partial charge on any atom is -0.327 e. The number of benzene rings is 1. The molecular weight excluding hydrogens is 426 g/mol. The lowest BCUT2D eigenvalue weighted by Gasteiger charge is -2.23. The van der Waals surface area contributed by atoms with Gasteiger partial charge >= 0.3 is 0 Å². The number of thiazole rings is 1. The van der Waals surface area contributed by atoms with Gasteiger partial charge in [-0.05, 0) is 62.8 Å². The number of nitrogens with zero attached hydrogens (tertiary/aromatic N) is 2. The summed E-state index contributed by atoms with van der Waals surface area (Å²) in [4.78, 5) is 33.3. The number of hydrogen-bond donors (Lipinski definition) is 1. The highest BCUT2D eigenvalue weighted by Gasteiger charge is 2.35. The first-order valence-electron chi connectivity index (χ1n) is 9.48.